The monoisotopic (exact) mass is 272 g/mol. The summed E-state index contributed by atoms with van der Waals surface area (Å²) in [5.74, 6) is 0. The van der Waals surface area contributed by atoms with Gasteiger partial charge >= 0.3 is 0 Å². The van der Waals surface area contributed by atoms with Gasteiger partial charge in [0.15, 0.2) is 0 Å². The molecule has 4 rings (SSSR count). The zero-order valence-electron chi connectivity index (χ0n) is 11.2. The molecular formula is C17H12N4. The van der Waals surface area contributed by atoms with E-state index in [1.807, 2.05) is 60.9 Å². The first kappa shape index (κ1) is 11.8. The van der Waals surface area contributed by atoms with Crippen molar-refractivity contribution in [3.8, 4) is 16.9 Å². The molecule has 0 aliphatic rings. The highest BCUT2D eigenvalue weighted by Gasteiger charge is 2.09. The molecule has 0 saturated heterocycles. The second kappa shape index (κ2) is 4.83. The maximum Gasteiger partial charge on any atom is 0.115 e. The van der Waals surface area contributed by atoms with Crippen LogP contribution in [0.4, 0.5) is 0 Å². The molecule has 4 heteroatoms. The van der Waals surface area contributed by atoms with E-state index in [4.69, 9.17) is 0 Å². The number of para-hydroxylation sites is 1. The van der Waals surface area contributed by atoms with Crippen molar-refractivity contribution in [2.24, 2.45) is 0 Å². The van der Waals surface area contributed by atoms with Crippen LogP contribution < -0.4 is 0 Å². The van der Waals surface area contributed by atoms with Crippen molar-refractivity contribution in [2.75, 3.05) is 0 Å². The number of benzene rings is 2. The lowest BCUT2D eigenvalue weighted by atomic mass is 10.1. The Morgan fingerprint density at radius 1 is 0.762 bits per heavy atom. The van der Waals surface area contributed by atoms with Crippen molar-refractivity contribution in [3.63, 3.8) is 0 Å². The van der Waals surface area contributed by atoms with E-state index in [1.165, 1.54) is 0 Å². The van der Waals surface area contributed by atoms with Crippen LogP contribution in [0.15, 0.2) is 73.2 Å². The van der Waals surface area contributed by atoms with Gasteiger partial charge in [-0.3, -0.25) is 4.98 Å². The molecule has 2 aromatic carbocycles. The first-order chi connectivity index (χ1) is 10.4. The van der Waals surface area contributed by atoms with E-state index >= 15 is 0 Å². The summed E-state index contributed by atoms with van der Waals surface area (Å²) in [7, 11) is 0. The van der Waals surface area contributed by atoms with Crippen molar-refractivity contribution < 1.29 is 0 Å². The minimum absolute atomic E-state index is 0.822. The largest absolute Gasteiger partial charge is 0.263 e. The Kier molecular flexibility index (Phi) is 2.71. The quantitative estimate of drug-likeness (QED) is 0.561. The minimum Gasteiger partial charge on any atom is -0.263 e. The number of pyridine rings is 1. The Labute approximate surface area is 121 Å². The number of hydrogen-bond acceptors (Lipinski definition) is 3. The second-order valence-electron chi connectivity index (χ2n) is 4.76. The average Bonchev–Trinajstić information content (AvgIpc) is 3.05. The predicted octanol–water partition coefficient (Wildman–Crippen LogP) is 3.48. The van der Waals surface area contributed by atoms with Gasteiger partial charge in [-0.05, 0) is 17.5 Å². The fourth-order valence-corrected chi connectivity index (χ4v) is 2.39. The van der Waals surface area contributed by atoms with Crippen LogP contribution in [0, 0.1) is 0 Å². The van der Waals surface area contributed by atoms with E-state index < -0.39 is 0 Å². The number of aromatic nitrogens is 4. The molecule has 0 atom stereocenters. The molecule has 0 fully saturated rings. The highest BCUT2D eigenvalue weighted by Crippen LogP contribution is 2.25. The Morgan fingerprint density at radius 2 is 1.57 bits per heavy atom. The van der Waals surface area contributed by atoms with Crippen LogP contribution in [0.5, 0.6) is 0 Å². The fourth-order valence-electron chi connectivity index (χ4n) is 2.39. The van der Waals surface area contributed by atoms with Crippen LogP contribution >= 0.6 is 0 Å². The molecule has 0 N–H and O–H groups in total. The summed E-state index contributed by atoms with van der Waals surface area (Å²) < 4.78 is 0. The van der Waals surface area contributed by atoms with Crippen molar-refractivity contribution in [3.05, 3.63) is 73.2 Å². The van der Waals surface area contributed by atoms with Crippen molar-refractivity contribution in [2.45, 2.75) is 0 Å². The van der Waals surface area contributed by atoms with Gasteiger partial charge in [0.05, 0.1) is 11.9 Å². The summed E-state index contributed by atoms with van der Waals surface area (Å²) in [4.78, 5) is 5.93. The summed E-state index contributed by atoms with van der Waals surface area (Å²) in [5, 5.41) is 11.1. The van der Waals surface area contributed by atoms with Gasteiger partial charge < -0.3 is 0 Å². The maximum atomic E-state index is 4.57. The standard InChI is InChI=1S/C17H12N4/c1-2-7-14(8-3-1)21-19-12-17(20-21)16-11-18-10-13-6-4-5-9-15(13)16/h1-12H. The van der Waals surface area contributed by atoms with Crippen LogP contribution in [0.25, 0.3) is 27.7 Å². The lowest BCUT2D eigenvalue weighted by Gasteiger charge is -2.02. The number of hydrogen-bond donors (Lipinski definition) is 0. The third-order valence-corrected chi connectivity index (χ3v) is 3.42. The predicted molar refractivity (Wildman–Crippen MR) is 82.1 cm³/mol. The fraction of sp³-hybridized carbons (Fsp3) is 0. The number of fused-ring (bicyclic) bond motifs is 1. The van der Waals surface area contributed by atoms with Gasteiger partial charge in [0, 0.05) is 23.3 Å². The van der Waals surface area contributed by atoms with Gasteiger partial charge in [0.25, 0.3) is 0 Å². The van der Waals surface area contributed by atoms with E-state index in [0.717, 1.165) is 27.7 Å². The van der Waals surface area contributed by atoms with Gasteiger partial charge in [0.2, 0.25) is 0 Å². The molecule has 100 valence electrons. The van der Waals surface area contributed by atoms with E-state index in [2.05, 4.69) is 21.2 Å². The van der Waals surface area contributed by atoms with E-state index in [0.29, 0.717) is 0 Å². The Morgan fingerprint density at radius 3 is 2.48 bits per heavy atom. The Balaban J connectivity index is 1.85. The third kappa shape index (κ3) is 2.07. The van der Waals surface area contributed by atoms with Gasteiger partial charge in [-0.15, -0.1) is 5.10 Å². The van der Waals surface area contributed by atoms with Crippen molar-refractivity contribution in [1.29, 1.82) is 0 Å². The Bertz CT molecular complexity index is 891. The lowest BCUT2D eigenvalue weighted by molar-refractivity contribution is 0.754. The topological polar surface area (TPSA) is 43.6 Å². The van der Waals surface area contributed by atoms with Crippen LogP contribution in [0.2, 0.25) is 0 Å². The smallest absolute Gasteiger partial charge is 0.115 e. The molecule has 0 unspecified atom stereocenters. The molecule has 4 nitrogen and oxygen atoms in total. The highest BCUT2D eigenvalue weighted by molar-refractivity contribution is 5.94. The highest BCUT2D eigenvalue weighted by atomic mass is 15.5. The normalized spacial score (nSPS) is 10.9. The first-order valence-corrected chi connectivity index (χ1v) is 6.73. The molecular weight excluding hydrogens is 260 g/mol. The van der Waals surface area contributed by atoms with Crippen molar-refractivity contribution >= 4 is 10.8 Å². The van der Waals surface area contributed by atoms with Crippen LogP contribution in [-0.4, -0.2) is 20.0 Å². The number of rotatable bonds is 2. The lowest BCUT2D eigenvalue weighted by Crippen LogP contribution is -1.97. The van der Waals surface area contributed by atoms with Gasteiger partial charge in [-0.25, -0.2) is 0 Å². The molecule has 0 saturated carbocycles. The molecule has 21 heavy (non-hydrogen) atoms. The van der Waals surface area contributed by atoms with Crippen LogP contribution in [0.3, 0.4) is 0 Å². The van der Waals surface area contributed by atoms with Crippen LogP contribution in [0.1, 0.15) is 0 Å². The second-order valence-corrected chi connectivity index (χ2v) is 4.76. The van der Waals surface area contributed by atoms with E-state index in [-0.39, 0.29) is 0 Å². The third-order valence-electron chi connectivity index (χ3n) is 3.42. The number of nitrogens with zero attached hydrogens (tertiary/aromatic N) is 4. The molecule has 0 aliphatic carbocycles. The van der Waals surface area contributed by atoms with E-state index in [9.17, 15) is 0 Å². The summed E-state index contributed by atoms with van der Waals surface area (Å²) in [6.45, 7) is 0. The SMILES string of the molecule is c1ccc(-n2ncc(-c3cncc4ccccc34)n2)cc1. The molecule has 0 radical (unpaired) electrons. The molecule has 0 aliphatic heterocycles. The zero-order chi connectivity index (χ0) is 14.1. The van der Waals surface area contributed by atoms with Gasteiger partial charge in [0.1, 0.15) is 5.69 Å². The summed E-state index contributed by atoms with van der Waals surface area (Å²) in [6, 6.07) is 18.0. The molecule has 0 spiro atoms. The van der Waals surface area contributed by atoms with Gasteiger partial charge in [-0.2, -0.15) is 9.90 Å². The van der Waals surface area contributed by atoms with Crippen LogP contribution in [-0.2, 0) is 0 Å². The summed E-state index contributed by atoms with van der Waals surface area (Å²) >= 11 is 0. The molecule has 0 bridgehead atoms. The Hall–Kier alpha value is -3.01. The maximum absolute atomic E-state index is 4.57. The minimum atomic E-state index is 0.822. The first-order valence-electron chi connectivity index (χ1n) is 6.73. The molecule has 2 heterocycles. The average molecular weight is 272 g/mol. The van der Waals surface area contributed by atoms with Crippen molar-refractivity contribution in [1.82, 2.24) is 20.0 Å². The molecule has 0 amide bonds. The zero-order valence-corrected chi connectivity index (χ0v) is 11.2. The summed E-state index contributed by atoms with van der Waals surface area (Å²) in [5.41, 5.74) is 2.76. The van der Waals surface area contributed by atoms with Gasteiger partial charge in [-0.1, -0.05) is 42.5 Å². The molecule has 4 aromatic rings. The van der Waals surface area contributed by atoms with E-state index in [1.54, 1.807) is 11.0 Å². The molecule has 2 aromatic heterocycles. The summed E-state index contributed by atoms with van der Waals surface area (Å²) in [6.07, 6.45) is 5.47.